The van der Waals surface area contributed by atoms with E-state index in [0.29, 0.717) is 4.68 Å². The van der Waals surface area contributed by atoms with Gasteiger partial charge in [0.1, 0.15) is 10.7 Å². The topological polar surface area (TPSA) is 78.0 Å². The Bertz CT molecular complexity index is 732. The number of hydrogen-bond donors (Lipinski definition) is 0. The van der Waals surface area contributed by atoms with Gasteiger partial charge in [-0.15, -0.1) is 0 Å². The quantitative estimate of drug-likeness (QED) is 0.631. The van der Waals surface area contributed by atoms with Gasteiger partial charge in [-0.1, -0.05) is 40.0 Å². The maximum atomic E-state index is 13.6. The van der Waals surface area contributed by atoms with Crippen molar-refractivity contribution in [2.75, 3.05) is 0 Å². The van der Waals surface area contributed by atoms with Gasteiger partial charge in [-0.25, -0.2) is 4.39 Å². The predicted molar refractivity (Wildman–Crippen MR) is 66.5 cm³/mol. The highest BCUT2D eigenvalue weighted by atomic mass is 35.5. The molecule has 0 bridgehead atoms. The summed E-state index contributed by atoms with van der Waals surface area (Å²) in [5.41, 5.74) is -1.20. The van der Waals surface area contributed by atoms with Crippen LogP contribution in [0, 0.1) is 15.9 Å². The van der Waals surface area contributed by atoms with E-state index < -0.39 is 32.2 Å². The van der Waals surface area contributed by atoms with E-state index in [0.717, 1.165) is 6.07 Å². The molecule has 0 aliphatic rings. The van der Waals surface area contributed by atoms with E-state index in [-0.39, 0.29) is 5.69 Å². The molecular formula is C10H4Cl2FN3O3. The summed E-state index contributed by atoms with van der Waals surface area (Å²) in [5.74, 6) is -1.60. The van der Waals surface area contributed by atoms with Gasteiger partial charge in [-0.3, -0.25) is 4.79 Å². The van der Waals surface area contributed by atoms with Crippen LogP contribution >= 0.6 is 23.2 Å². The zero-order chi connectivity index (χ0) is 14.2. The van der Waals surface area contributed by atoms with Crippen LogP contribution in [0.3, 0.4) is 0 Å². The first-order valence-electron chi connectivity index (χ1n) is 4.81. The Morgan fingerprint density at radius 2 is 1.89 bits per heavy atom. The first-order valence-corrected chi connectivity index (χ1v) is 5.56. The lowest BCUT2D eigenvalue weighted by atomic mass is 10.3. The van der Waals surface area contributed by atoms with E-state index in [1.807, 2.05) is 0 Å². The number of aromatic nitrogens is 2. The molecule has 1 heterocycles. The van der Waals surface area contributed by atoms with Crippen molar-refractivity contribution in [3.63, 3.8) is 0 Å². The molecule has 0 atom stereocenters. The molecule has 0 saturated heterocycles. The Hall–Kier alpha value is -1.99. The molecule has 19 heavy (non-hydrogen) atoms. The average Bonchev–Trinajstić information content (AvgIpc) is 2.37. The van der Waals surface area contributed by atoms with Crippen molar-refractivity contribution in [1.29, 1.82) is 0 Å². The molecule has 2 rings (SSSR count). The van der Waals surface area contributed by atoms with Crippen LogP contribution in [0.2, 0.25) is 10.0 Å². The van der Waals surface area contributed by atoms with Gasteiger partial charge in [-0.05, 0) is 17.1 Å². The molecule has 98 valence electrons. The smallest absolute Gasteiger partial charge is 0.358 e. The van der Waals surface area contributed by atoms with Crippen LogP contribution in [0.5, 0.6) is 0 Å². The van der Waals surface area contributed by atoms with Crippen LogP contribution in [0.4, 0.5) is 10.2 Å². The van der Waals surface area contributed by atoms with Crippen molar-refractivity contribution in [2.45, 2.75) is 0 Å². The van der Waals surface area contributed by atoms with Gasteiger partial charge in [0.15, 0.2) is 10.8 Å². The first kappa shape index (κ1) is 13.4. The molecule has 1 aromatic carbocycles. The maximum absolute atomic E-state index is 13.6. The Morgan fingerprint density at radius 1 is 1.26 bits per heavy atom. The Kier molecular flexibility index (Phi) is 3.50. The normalized spacial score (nSPS) is 10.5. The molecule has 0 saturated carbocycles. The minimum absolute atomic E-state index is 0.255. The maximum Gasteiger partial charge on any atom is 0.409 e. The molecule has 0 aliphatic heterocycles. The average molecular weight is 304 g/mol. The molecule has 0 radical (unpaired) electrons. The third kappa shape index (κ3) is 2.29. The van der Waals surface area contributed by atoms with Gasteiger partial charge >= 0.3 is 11.4 Å². The second kappa shape index (κ2) is 4.94. The van der Waals surface area contributed by atoms with Crippen molar-refractivity contribution in [1.82, 2.24) is 9.78 Å². The fourth-order valence-electron chi connectivity index (χ4n) is 1.37. The third-order valence-corrected chi connectivity index (χ3v) is 3.02. The van der Waals surface area contributed by atoms with Crippen LogP contribution in [0.25, 0.3) is 5.69 Å². The van der Waals surface area contributed by atoms with Crippen molar-refractivity contribution >= 4 is 29.0 Å². The fraction of sp³-hybridized carbons (Fsp3) is 0. The second-order valence-electron chi connectivity index (χ2n) is 3.38. The minimum atomic E-state index is -0.942. The zero-order valence-electron chi connectivity index (χ0n) is 9.01. The van der Waals surface area contributed by atoms with Gasteiger partial charge in [0, 0.05) is 0 Å². The summed E-state index contributed by atoms with van der Waals surface area (Å²) in [6, 6.07) is 5.16. The summed E-state index contributed by atoms with van der Waals surface area (Å²) >= 11 is 11.2. The van der Waals surface area contributed by atoms with Crippen LogP contribution in [0.15, 0.2) is 29.1 Å². The first-order chi connectivity index (χ1) is 8.93. The zero-order valence-corrected chi connectivity index (χ0v) is 10.5. The summed E-state index contributed by atoms with van der Waals surface area (Å²) in [5, 5.41) is 13.0. The van der Waals surface area contributed by atoms with E-state index in [1.54, 1.807) is 0 Å². The Balaban J connectivity index is 2.82. The summed E-state index contributed by atoms with van der Waals surface area (Å²) in [7, 11) is 0. The molecule has 0 spiro atoms. The highest BCUT2D eigenvalue weighted by Gasteiger charge is 2.25. The highest BCUT2D eigenvalue weighted by molar-refractivity contribution is 6.43. The summed E-state index contributed by atoms with van der Waals surface area (Å²) < 4.78 is 14.1. The van der Waals surface area contributed by atoms with Gasteiger partial charge in [0.05, 0.1) is 5.10 Å². The number of para-hydroxylation sites is 1. The molecule has 0 fully saturated rings. The second-order valence-corrected chi connectivity index (χ2v) is 4.13. The van der Waals surface area contributed by atoms with Crippen molar-refractivity contribution in [2.24, 2.45) is 0 Å². The highest BCUT2D eigenvalue weighted by Crippen LogP contribution is 2.27. The van der Waals surface area contributed by atoms with Crippen LogP contribution in [-0.4, -0.2) is 14.7 Å². The minimum Gasteiger partial charge on any atom is -0.358 e. The summed E-state index contributed by atoms with van der Waals surface area (Å²) in [6.45, 7) is 0. The molecule has 6 nitrogen and oxygen atoms in total. The number of rotatable bonds is 2. The lowest BCUT2D eigenvalue weighted by Crippen LogP contribution is -2.24. The van der Waals surface area contributed by atoms with Crippen LogP contribution in [0.1, 0.15) is 0 Å². The van der Waals surface area contributed by atoms with E-state index in [9.17, 15) is 19.3 Å². The van der Waals surface area contributed by atoms with Gasteiger partial charge < -0.3 is 10.1 Å². The number of halogens is 3. The molecule has 2 aromatic rings. The van der Waals surface area contributed by atoms with Crippen molar-refractivity contribution < 1.29 is 9.31 Å². The SMILES string of the molecule is O=c1c(Cl)c(Cl)c([N+](=O)[O-])nn1-c1ccccc1F. The van der Waals surface area contributed by atoms with Crippen molar-refractivity contribution in [3.05, 3.63) is 60.6 Å². The van der Waals surface area contributed by atoms with Gasteiger partial charge in [0.2, 0.25) is 0 Å². The fourth-order valence-corrected chi connectivity index (χ4v) is 1.72. The molecule has 0 amide bonds. The summed E-state index contributed by atoms with van der Waals surface area (Å²) in [4.78, 5) is 21.6. The number of nitro groups is 1. The van der Waals surface area contributed by atoms with E-state index >= 15 is 0 Å². The molecule has 0 aliphatic carbocycles. The lowest BCUT2D eigenvalue weighted by Gasteiger charge is -2.03. The van der Waals surface area contributed by atoms with Crippen LogP contribution in [-0.2, 0) is 0 Å². The molecule has 0 N–H and O–H groups in total. The van der Waals surface area contributed by atoms with Gasteiger partial charge in [-0.2, -0.15) is 0 Å². The monoisotopic (exact) mass is 303 g/mol. The molecule has 0 unspecified atom stereocenters. The number of nitrogens with zero attached hydrogens (tertiary/aromatic N) is 3. The summed E-state index contributed by atoms with van der Waals surface area (Å²) in [6.07, 6.45) is 0. The Labute approximate surface area is 115 Å². The third-order valence-electron chi connectivity index (χ3n) is 2.22. The molecule has 1 aromatic heterocycles. The standard InChI is InChI=1S/C10H4Cl2FN3O3/c11-7-8(12)10(17)15(14-9(7)16(18)19)6-4-2-1-3-5(6)13/h1-4H. The van der Waals surface area contributed by atoms with E-state index in [4.69, 9.17) is 23.2 Å². The van der Waals surface area contributed by atoms with Crippen molar-refractivity contribution in [3.8, 4) is 5.69 Å². The predicted octanol–water partition coefficient (Wildman–Crippen LogP) is 2.59. The Morgan fingerprint density at radius 3 is 2.47 bits per heavy atom. The van der Waals surface area contributed by atoms with E-state index in [1.165, 1.54) is 18.2 Å². The van der Waals surface area contributed by atoms with Crippen LogP contribution < -0.4 is 5.56 Å². The molecule has 9 heteroatoms. The lowest BCUT2D eigenvalue weighted by molar-refractivity contribution is -0.390. The largest absolute Gasteiger partial charge is 0.409 e. The number of benzene rings is 1. The van der Waals surface area contributed by atoms with Gasteiger partial charge in [0.25, 0.3) is 0 Å². The van der Waals surface area contributed by atoms with E-state index in [2.05, 4.69) is 5.10 Å². The number of hydrogen-bond acceptors (Lipinski definition) is 4. The molecular weight excluding hydrogens is 300 g/mol.